The van der Waals surface area contributed by atoms with Gasteiger partial charge >= 0.3 is 22.4 Å². The first-order valence-electron chi connectivity index (χ1n) is 3.43. The summed E-state index contributed by atoms with van der Waals surface area (Å²) in [4.78, 5) is 0. The first-order chi connectivity index (χ1) is 5.00. The summed E-state index contributed by atoms with van der Waals surface area (Å²) in [5.41, 5.74) is 0. The van der Waals surface area contributed by atoms with Crippen molar-refractivity contribution < 1.29 is 34.8 Å². The van der Waals surface area contributed by atoms with Crippen molar-refractivity contribution in [1.82, 2.24) is 0 Å². The molecule has 0 heterocycles. The zero-order valence-corrected chi connectivity index (χ0v) is 9.66. The van der Waals surface area contributed by atoms with Crippen molar-refractivity contribution >= 4 is 0 Å². The van der Waals surface area contributed by atoms with E-state index in [1.54, 1.807) is 0 Å². The zero-order chi connectivity index (χ0) is 7.07. The first kappa shape index (κ1) is 14.5. The Morgan fingerprint density at radius 2 is 1.25 bits per heavy atom. The molecule has 2 aliphatic carbocycles. The minimum atomic E-state index is 0. The minimum absolute atomic E-state index is 0. The van der Waals surface area contributed by atoms with Gasteiger partial charge in [-0.05, 0) is 0 Å². The third-order valence-corrected chi connectivity index (χ3v) is 1.17. The van der Waals surface area contributed by atoms with E-state index < -0.39 is 0 Å². The minimum Gasteiger partial charge on any atom is -1.00 e. The summed E-state index contributed by atoms with van der Waals surface area (Å²) in [6.45, 7) is 0. The van der Waals surface area contributed by atoms with Crippen LogP contribution in [-0.2, 0) is 22.4 Å². The molecule has 0 aromatic rings. The van der Waals surface area contributed by atoms with Gasteiger partial charge in [0.2, 0.25) is 0 Å². The monoisotopic (exact) mass is 258 g/mol. The van der Waals surface area contributed by atoms with Crippen LogP contribution < -0.4 is 12.4 Å². The fourth-order valence-corrected chi connectivity index (χ4v) is 0.680. The van der Waals surface area contributed by atoms with Crippen LogP contribution in [0.4, 0.5) is 0 Å². The Hall–Kier alpha value is -0.00974. The van der Waals surface area contributed by atoms with Gasteiger partial charge in [0, 0.05) is 0 Å². The van der Waals surface area contributed by atoms with Crippen LogP contribution in [0.25, 0.3) is 0 Å². The molecule has 0 saturated heterocycles. The molecule has 2 heteroatoms. The van der Waals surface area contributed by atoms with E-state index in [2.05, 4.69) is 24.3 Å². The van der Waals surface area contributed by atoms with E-state index in [0.29, 0.717) is 0 Å². The molecule has 2 aliphatic rings. The molecule has 12 heavy (non-hydrogen) atoms. The summed E-state index contributed by atoms with van der Waals surface area (Å²) in [7, 11) is 0. The maximum Gasteiger partial charge on any atom is 3.00 e. The van der Waals surface area contributed by atoms with Crippen LogP contribution in [-0.4, -0.2) is 0 Å². The van der Waals surface area contributed by atoms with Gasteiger partial charge in [-0.25, -0.2) is 24.3 Å². The van der Waals surface area contributed by atoms with Gasteiger partial charge in [-0.2, -0.15) is 12.2 Å². The van der Waals surface area contributed by atoms with E-state index in [4.69, 9.17) is 0 Å². The maximum atomic E-state index is 2.99. The van der Waals surface area contributed by atoms with E-state index in [-0.39, 0.29) is 34.8 Å². The standard InChI is InChI=1S/2C5H5.ClH.Nb/c2*1-2-4-5-3-1;;/h2*1-3H,4H2;1H;/q2*-1;;+3/p-1. The molecule has 0 saturated carbocycles. The van der Waals surface area contributed by atoms with Crippen molar-refractivity contribution in [3.8, 4) is 0 Å². The summed E-state index contributed by atoms with van der Waals surface area (Å²) in [5, 5.41) is 0. The first-order valence-corrected chi connectivity index (χ1v) is 3.43. The quantitative estimate of drug-likeness (QED) is 0.410. The molecule has 0 aromatic carbocycles. The van der Waals surface area contributed by atoms with Gasteiger partial charge in [0.05, 0.1) is 0 Å². The number of allylic oxidation sites excluding steroid dienone is 8. The van der Waals surface area contributed by atoms with Crippen molar-refractivity contribution in [3.05, 3.63) is 48.6 Å². The van der Waals surface area contributed by atoms with Gasteiger partial charge < -0.3 is 12.4 Å². The van der Waals surface area contributed by atoms with Crippen LogP contribution in [0.1, 0.15) is 12.8 Å². The van der Waals surface area contributed by atoms with Gasteiger partial charge in [-0.1, -0.05) is 0 Å². The van der Waals surface area contributed by atoms with Gasteiger partial charge in [0.1, 0.15) is 0 Å². The van der Waals surface area contributed by atoms with Gasteiger partial charge in [-0.3, -0.25) is 12.2 Å². The fraction of sp³-hybridized carbons (Fsp3) is 0.200. The molecule has 2 rings (SSSR count). The molecule has 0 atom stereocenters. The normalized spacial score (nSPS) is 14.7. The SMILES string of the molecule is [C-]1=CC=CC1.[C-]1=CC=CC1.[Cl-].[Nb+3]. The van der Waals surface area contributed by atoms with Crippen LogP contribution in [0.2, 0.25) is 0 Å². The summed E-state index contributed by atoms with van der Waals surface area (Å²) in [6.07, 6.45) is 20.0. The van der Waals surface area contributed by atoms with E-state index >= 15 is 0 Å². The molecule has 0 aromatic heterocycles. The zero-order valence-electron chi connectivity index (χ0n) is 6.70. The fourth-order valence-electron chi connectivity index (χ4n) is 0.680. The Bertz CT molecular complexity index is 148. The van der Waals surface area contributed by atoms with Crippen LogP contribution in [0.3, 0.4) is 0 Å². The summed E-state index contributed by atoms with van der Waals surface area (Å²) in [6, 6.07) is 0. The van der Waals surface area contributed by atoms with E-state index in [1.807, 2.05) is 24.3 Å². The van der Waals surface area contributed by atoms with Crippen molar-refractivity contribution in [1.29, 1.82) is 0 Å². The molecule has 62 valence electrons. The van der Waals surface area contributed by atoms with Gasteiger partial charge in [0.25, 0.3) is 0 Å². The second kappa shape index (κ2) is 11.0. The van der Waals surface area contributed by atoms with Crippen LogP contribution >= 0.6 is 0 Å². The predicted octanol–water partition coefficient (Wildman–Crippen LogP) is -0.387. The Labute approximate surface area is 96.0 Å². The summed E-state index contributed by atoms with van der Waals surface area (Å²) in [5.74, 6) is 0. The van der Waals surface area contributed by atoms with E-state index in [9.17, 15) is 0 Å². The molecule has 0 aliphatic heterocycles. The maximum absolute atomic E-state index is 2.99. The molecule has 0 unspecified atom stereocenters. The Kier molecular flexibility index (Phi) is 13.3. The molecule has 0 nitrogen and oxygen atoms in total. The third kappa shape index (κ3) is 8.09. The molecule has 0 N–H and O–H groups in total. The third-order valence-electron chi connectivity index (χ3n) is 1.17. The molecule has 0 spiro atoms. The van der Waals surface area contributed by atoms with Crippen LogP contribution in [0.5, 0.6) is 0 Å². The Balaban J connectivity index is 0. The second-order valence-electron chi connectivity index (χ2n) is 2.01. The van der Waals surface area contributed by atoms with Gasteiger partial charge in [-0.15, -0.1) is 12.8 Å². The van der Waals surface area contributed by atoms with E-state index in [0.717, 1.165) is 12.8 Å². The molecule has 0 bridgehead atoms. The average molecular weight is 259 g/mol. The molecular weight excluding hydrogens is 248 g/mol. The smallest absolute Gasteiger partial charge is 1.00 e. The molecule has 0 radical (unpaired) electrons. The largest absolute Gasteiger partial charge is 3.00 e. The number of rotatable bonds is 0. The Morgan fingerprint density at radius 3 is 1.33 bits per heavy atom. The van der Waals surface area contributed by atoms with Crippen molar-refractivity contribution in [2.75, 3.05) is 0 Å². The molecular formula is C10H10ClNb. The number of hydrogen-bond acceptors (Lipinski definition) is 0. The Morgan fingerprint density at radius 1 is 0.833 bits per heavy atom. The molecule has 0 amide bonds. The average Bonchev–Trinajstić information content (AvgIpc) is 2.67. The number of halogens is 1. The molecule has 0 fully saturated rings. The predicted molar refractivity (Wildman–Crippen MR) is 43.1 cm³/mol. The van der Waals surface area contributed by atoms with Gasteiger partial charge in [0.15, 0.2) is 0 Å². The van der Waals surface area contributed by atoms with Crippen LogP contribution in [0, 0.1) is 12.2 Å². The van der Waals surface area contributed by atoms with Crippen LogP contribution in [0.15, 0.2) is 36.5 Å². The van der Waals surface area contributed by atoms with E-state index in [1.165, 1.54) is 0 Å². The number of hydrogen-bond donors (Lipinski definition) is 0. The second-order valence-corrected chi connectivity index (χ2v) is 2.01. The summed E-state index contributed by atoms with van der Waals surface area (Å²) >= 11 is 0. The van der Waals surface area contributed by atoms with Crippen molar-refractivity contribution in [2.24, 2.45) is 0 Å². The summed E-state index contributed by atoms with van der Waals surface area (Å²) < 4.78 is 0. The van der Waals surface area contributed by atoms with Crippen molar-refractivity contribution in [2.45, 2.75) is 12.8 Å². The topological polar surface area (TPSA) is 0 Å². The van der Waals surface area contributed by atoms with Crippen molar-refractivity contribution in [3.63, 3.8) is 0 Å².